The molecule has 0 N–H and O–H groups in total. The van der Waals surface area contributed by atoms with Crippen molar-refractivity contribution in [1.82, 2.24) is 4.90 Å². The van der Waals surface area contributed by atoms with Crippen LogP contribution in [-0.2, 0) is 0 Å². The first kappa shape index (κ1) is 17.5. The summed E-state index contributed by atoms with van der Waals surface area (Å²) in [4.78, 5) is 13.9. The SMILES string of the molecule is CN(C)C=CC(=O)c1cccc(O[Si](C)(C)C(C)(C)C)c1. The Labute approximate surface area is 129 Å². The van der Waals surface area contributed by atoms with Gasteiger partial charge in [0.25, 0.3) is 0 Å². The van der Waals surface area contributed by atoms with Crippen molar-refractivity contribution in [3.05, 3.63) is 42.1 Å². The summed E-state index contributed by atoms with van der Waals surface area (Å²) in [5.41, 5.74) is 0.657. The number of rotatable bonds is 5. The van der Waals surface area contributed by atoms with Crippen LogP contribution in [0.25, 0.3) is 0 Å². The molecule has 0 heterocycles. The zero-order valence-corrected chi connectivity index (χ0v) is 15.2. The van der Waals surface area contributed by atoms with Crippen LogP contribution in [0.3, 0.4) is 0 Å². The highest BCUT2D eigenvalue weighted by atomic mass is 28.4. The summed E-state index contributed by atoms with van der Waals surface area (Å²) in [7, 11) is 1.90. The predicted molar refractivity (Wildman–Crippen MR) is 91.4 cm³/mol. The summed E-state index contributed by atoms with van der Waals surface area (Å²) < 4.78 is 6.23. The quantitative estimate of drug-likeness (QED) is 0.461. The maximum Gasteiger partial charge on any atom is 0.250 e. The minimum absolute atomic E-state index is 0.00983. The van der Waals surface area contributed by atoms with Crippen molar-refractivity contribution in [3.63, 3.8) is 0 Å². The molecule has 0 aromatic heterocycles. The lowest BCUT2D eigenvalue weighted by Crippen LogP contribution is -2.43. The van der Waals surface area contributed by atoms with E-state index in [9.17, 15) is 4.79 Å². The fourth-order valence-electron chi connectivity index (χ4n) is 1.47. The highest BCUT2D eigenvalue weighted by molar-refractivity contribution is 6.74. The van der Waals surface area contributed by atoms with Crippen LogP contribution in [0.5, 0.6) is 5.75 Å². The average molecular weight is 305 g/mol. The van der Waals surface area contributed by atoms with Gasteiger partial charge in [0.15, 0.2) is 5.78 Å². The second kappa shape index (κ2) is 6.48. The molecule has 1 aromatic rings. The van der Waals surface area contributed by atoms with Crippen molar-refractivity contribution in [2.24, 2.45) is 0 Å². The van der Waals surface area contributed by atoms with E-state index in [1.54, 1.807) is 12.3 Å². The molecule has 0 fully saturated rings. The van der Waals surface area contributed by atoms with Crippen molar-refractivity contribution < 1.29 is 9.22 Å². The van der Waals surface area contributed by atoms with Crippen molar-refractivity contribution in [1.29, 1.82) is 0 Å². The number of ketones is 1. The van der Waals surface area contributed by atoms with E-state index in [-0.39, 0.29) is 10.8 Å². The third-order valence-electron chi connectivity index (χ3n) is 3.82. The molecule has 0 saturated carbocycles. The molecular formula is C17H27NO2Si. The van der Waals surface area contributed by atoms with Crippen LogP contribution in [0.15, 0.2) is 36.5 Å². The summed E-state index contributed by atoms with van der Waals surface area (Å²) in [6.07, 6.45) is 3.33. The van der Waals surface area contributed by atoms with Gasteiger partial charge in [-0.1, -0.05) is 32.9 Å². The Bertz CT molecular complexity index is 528. The summed E-state index contributed by atoms with van der Waals surface area (Å²) >= 11 is 0. The highest BCUT2D eigenvalue weighted by Crippen LogP contribution is 2.37. The van der Waals surface area contributed by atoms with E-state index in [0.717, 1.165) is 5.75 Å². The Hall–Kier alpha value is -1.55. The van der Waals surface area contributed by atoms with Crippen LogP contribution in [0, 0.1) is 0 Å². The van der Waals surface area contributed by atoms with Gasteiger partial charge in [-0.3, -0.25) is 4.79 Å². The Kier molecular flexibility index (Phi) is 5.40. The smallest absolute Gasteiger partial charge is 0.250 e. The molecule has 0 unspecified atom stereocenters. The third-order valence-corrected chi connectivity index (χ3v) is 8.18. The first-order valence-electron chi connectivity index (χ1n) is 7.21. The van der Waals surface area contributed by atoms with Gasteiger partial charge in [-0.15, -0.1) is 0 Å². The first-order valence-corrected chi connectivity index (χ1v) is 10.1. The molecule has 3 nitrogen and oxygen atoms in total. The monoisotopic (exact) mass is 305 g/mol. The first-order chi connectivity index (χ1) is 9.53. The van der Waals surface area contributed by atoms with Crippen LogP contribution in [-0.4, -0.2) is 33.1 Å². The minimum atomic E-state index is -1.88. The molecule has 21 heavy (non-hydrogen) atoms. The topological polar surface area (TPSA) is 29.5 Å². The Balaban J connectivity index is 2.94. The van der Waals surface area contributed by atoms with Gasteiger partial charge in [-0.25, -0.2) is 0 Å². The molecule has 0 aliphatic carbocycles. The molecule has 0 saturated heterocycles. The van der Waals surface area contributed by atoms with Gasteiger partial charge >= 0.3 is 0 Å². The highest BCUT2D eigenvalue weighted by Gasteiger charge is 2.38. The summed E-state index contributed by atoms with van der Waals surface area (Å²) in [5, 5.41) is 0.137. The number of carbonyl (C=O) groups is 1. The normalized spacial score (nSPS) is 12.5. The molecule has 0 aliphatic rings. The molecular weight excluding hydrogens is 278 g/mol. The number of nitrogens with zero attached hydrogens (tertiary/aromatic N) is 1. The Morgan fingerprint density at radius 2 is 1.86 bits per heavy atom. The second-order valence-corrected chi connectivity index (χ2v) is 11.8. The second-order valence-electron chi connectivity index (χ2n) is 7.03. The fraction of sp³-hybridized carbons (Fsp3) is 0.471. The van der Waals surface area contributed by atoms with Crippen LogP contribution < -0.4 is 4.43 Å². The molecule has 0 amide bonds. The minimum Gasteiger partial charge on any atom is -0.543 e. The van der Waals surface area contributed by atoms with E-state index in [2.05, 4.69) is 33.9 Å². The van der Waals surface area contributed by atoms with Gasteiger partial charge in [0.1, 0.15) is 5.75 Å². The van der Waals surface area contributed by atoms with E-state index < -0.39 is 8.32 Å². The molecule has 0 aliphatic heterocycles. The van der Waals surface area contributed by atoms with Crippen LogP contribution >= 0.6 is 0 Å². The third kappa shape index (κ3) is 5.05. The number of carbonyl (C=O) groups excluding carboxylic acids is 1. The fourth-order valence-corrected chi connectivity index (χ4v) is 2.50. The predicted octanol–water partition coefficient (Wildman–Crippen LogP) is 4.33. The van der Waals surface area contributed by atoms with E-state index in [1.807, 2.05) is 43.3 Å². The van der Waals surface area contributed by atoms with Gasteiger partial charge in [-0.05, 0) is 30.3 Å². The maximum absolute atomic E-state index is 12.1. The molecule has 1 rings (SSSR count). The van der Waals surface area contributed by atoms with Gasteiger partial charge in [0.2, 0.25) is 8.32 Å². The summed E-state index contributed by atoms with van der Waals surface area (Å²) in [6.45, 7) is 11.0. The van der Waals surface area contributed by atoms with Gasteiger partial charge in [0, 0.05) is 31.9 Å². The van der Waals surface area contributed by atoms with E-state index in [4.69, 9.17) is 4.43 Å². The molecule has 0 radical (unpaired) electrons. The Morgan fingerprint density at radius 3 is 2.38 bits per heavy atom. The average Bonchev–Trinajstić information content (AvgIpc) is 2.34. The number of benzene rings is 1. The molecule has 0 bridgehead atoms. The van der Waals surface area contributed by atoms with E-state index in [0.29, 0.717) is 5.56 Å². The van der Waals surface area contributed by atoms with Crippen molar-refractivity contribution in [2.45, 2.75) is 38.9 Å². The molecule has 0 atom stereocenters. The molecule has 1 aromatic carbocycles. The van der Waals surface area contributed by atoms with Crippen LogP contribution in [0.1, 0.15) is 31.1 Å². The maximum atomic E-state index is 12.1. The lowest BCUT2D eigenvalue weighted by atomic mass is 10.1. The summed E-state index contributed by atoms with van der Waals surface area (Å²) in [5.74, 6) is 0.773. The van der Waals surface area contributed by atoms with Crippen molar-refractivity contribution in [3.8, 4) is 5.75 Å². The van der Waals surface area contributed by atoms with Crippen molar-refractivity contribution in [2.75, 3.05) is 14.1 Å². The Morgan fingerprint density at radius 1 is 1.24 bits per heavy atom. The van der Waals surface area contributed by atoms with Gasteiger partial charge in [0.05, 0.1) is 0 Å². The van der Waals surface area contributed by atoms with Crippen molar-refractivity contribution >= 4 is 14.1 Å². The largest absolute Gasteiger partial charge is 0.543 e. The molecule has 116 valence electrons. The zero-order chi connectivity index (χ0) is 16.3. The molecule has 4 heteroatoms. The number of hydrogen-bond acceptors (Lipinski definition) is 3. The molecule has 0 spiro atoms. The van der Waals surface area contributed by atoms with Crippen LogP contribution in [0.4, 0.5) is 0 Å². The lowest BCUT2D eigenvalue weighted by molar-refractivity contribution is 0.104. The summed E-state index contributed by atoms with van der Waals surface area (Å²) in [6, 6.07) is 7.45. The zero-order valence-electron chi connectivity index (χ0n) is 14.2. The van der Waals surface area contributed by atoms with E-state index in [1.165, 1.54) is 0 Å². The van der Waals surface area contributed by atoms with Gasteiger partial charge in [-0.2, -0.15) is 0 Å². The van der Waals surface area contributed by atoms with E-state index >= 15 is 0 Å². The van der Waals surface area contributed by atoms with Crippen LogP contribution in [0.2, 0.25) is 18.1 Å². The number of hydrogen-bond donors (Lipinski definition) is 0. The van der Waals surface area contributed by atoms with Gasteiger partial charge < -0.3 is 9.33 Å². The lowest BCUT2D eigenvalue weighted by Gasteiger charge is -2.36. The standard InChI is InChI=1S/C17H27NO2Si/c1-17(2,3)21(6,7)20-15-10-8-9-14(13-15)16(19)11-12-18(4)5/h8-13H,1-7H3. The number of allylic oxidation sites excluding steroid dienone is 1.